The third-order valence-corrected chi connectivity index (χ3v) is 1.77. The minimum Gasteiger partial charge on any atom is -0.281 e. The van der Waals surface area contributed by atoms with E-state index in [4.69, 9.17) is 9.59 Å². The molecule has 0 saturated heterocycles. The topological polar surface area (TPSA) is 34.1 Å². The molecule has 2 nitrogen and oxygen atoms in total. The molecule has 1 aliphatic rings. The van der Waals surface area contributed by atoms with Gasteiger partial charge in [0.25, 0.3) is 13.6 Å². The molecule has 3 heteroatoms. The van der Waals surface area contributed by atoms with Crippen LogP contribution in [0.3, 0.4) is 0 Å². The molecule has 2 rings (SSSR count). The molecule has 0 aromatic heterocycles. The molecule has 0 spiro atoms. The van der Waals surface area contributed by atoms with Crippen molar-refractivity contribution >= 4 is 19.7 Å². The zero-order valence-electron chi connectivity index (χ0n) is 10.3. The van der Waals surface area contributed by atoms with Gasteiger partial charge in [0.1, 0.15) is 0 Å². The first kappa shape index (κ1) is 22.2. The summed E-state index contributed by atoms with van der Waals surface area (Å²) >= 11 is 0. The van der Waals surface area contributed by atoms with Crippen molar-refractivity contribution < 1.29 is 26.4 Å². The van der Waals surface area contributed by atoms with Crippen molar-refractivity contribution in [3.63, 3.8) is 0 Å². The molecule has 0 fully saturated rings. The molecule has 0 atom stereocenters. The molecule has 0 amide bonds. The van der Waals surface area contributed by atoms with Gasteiger partial charge in [0, 0.05) is 16.8 Å². The standard InChI is InChI=1S/C8H8.C6H6.2CO.Co/c1-2-8-6-4-3-5-7-8;1-6-4-2-3-5-6;2*1-2;/h2-7H,1H2;2-5H,1H2;;;. The predicted octanol–water partition coefficient (Wildman–Crippen LogP) is 3.20. The minimum atomic E-state index is 0. The second kappa shape index (κ2) is 18.4. The predicted molar refractivity (Wildman–Crippen MR) is 75.3 cm³/mol. The third-order valence-electron chi connectivity index (χ3n) is 1.77. The summed E-state index contributed by atoms with van der Waals surface area (Å²) in [6, 6.07) is 10.0. The van der Waals surface area contributed by atoms with Crippen LogP contribution in [0.4, 0.5) is 0 Å². The quantitative estimate of drug-likeness (QED) is 0.797. The zero-order chi connectivity index (χ0) is 14.2. The second-order valence-corrected chi connectivity index (χ2v) is 2.91. The molecule has 0 heterocycles. The Kier molecular flexibility index (Phi) is 21.5. The number of benzene rings is 1. The van der Waals surface area contributed by atoms with Crippen LogP contribution in [0.1, 0.15) is 5.56 Å². The molecule has 19 heavy (non-hydrogen) atoms. The number of rotatable bonds is 1. The first-order chi connectivity index (χ1) is 8.83. The SMILES string of the molecule is C=C1C=CC=C1.C=Cc1ccccc1.[C]=O.[C]=O.[Co]. The van der Waals surface area contributed by atoms with Gasteiger partial charge in [-0.15, -0.1) is 0 Å². The average Bonchev–Trinajstić information content (AvgIpc) is 2.96. The summed E-state index contributed by atoms with van der Waals surface area (Å²) in [5, 5.41) is 0. The van der Waals surface area contributed by atoms with Crippen molar-refractivity contribution in [1.29, 1.82) is 0 Å². The van der Waals surface area contributed by atoms with Crippen molar-refractivity contribution in [3.05, 3.63) is 78.9 Å². The molecular weight excluding hydrogens is 283 g/mol. The fourth-order valence-electron chi connectivity index (χ4n) is 1.00. The van der Waals surface area contributed by atoms with Crippen LogP contribution in [-0.2, 0) is 26.4 Å². The summed E-state index contributed by atoms with van der Waals surface area (Å²) in [6.45, 7) is 16.3. The first-order valence-corrected chi connectivity index (χ1v) is 4.95. The maximum Gasteiger partial charge on any atom is 0.281 e. The van der Waals surface area contributed by atoms with E-state index < -0.39 is 0 Å². The monoisotopic (exact) mass is 297 g/mol. The maximum atomic E-state index is 7.50. The molecule has 0 bridgehead atoms. The van der Waals surface area contributed by atoms with Gasteiger partial charge in [-0.3, -0.25) is 9.59 Å². The normalized spacial score (nSPS) is 9.37. The molecule has 1 aliphatic carbocycles. The van der Waals surface area contributed by atoms with E-state index >= 15 is 0 Å². The number of allylic oxidation sites excluding steroid dienone is 5. The van der Waals surface area contributed by atoms with Crippen LogP contribution in [0.2, 0.25) is 0 Å². The van der Waals surface area contributed by atoms with E-state index in [1.807, 2.05) is 60.7 Å². The largest absolute Gasteiger partial charge is 0.281 e. The van der Waals surface area contributed by atoms with Crippen LogP contribution in [0.5, 0.6) is 0 Å². The molecule has 5 radical (unpaired) electrons. The Bertz CT molecular complexity index is 378. The van der Waals surface area contributed by atoms with Gasteiger partial charge >= 0.3 is 0 Å². The van der Waals surface area contributed by atoms with Crippen molar-refractivity contribution in [2.45, 2.75) is 0 Å². The van der Waals surface area contributed by atoms with Crippen LogP contribution in [0, 0.1) is 0 Å². The summed E-state index contributed by atoms with van der Waals surface area (Å²) < 4.78 is 0. The number of hydrogen-bond donors (Lipinski definition) is 0. The van der Waals surface area contributed by atoms with Gasteiger partial charge in [0.2, 0.25) is 0 Å². The zero-order valence-corrected chi connectivity index (χ0v) is 11.4. The van der Waals surface area contributed by atoms with Crippen molar-refractivity contribution in [2.24, 2.45) is 0 Å². The fraction of sp³-hybridized carbons (Fsp3) is 0. The van der Waals surface area contributed by atoms with Crippen LogP contribution in [0.15, 0.2) is 73.4 Å². The van der Waals surface area contributed by atoms with Gasteiger partial charge in [-0.2, -0.15) is 0 Å². The molecule has 0 aliphatic heterocycles. The van der Waals surface area contributed by atoms with E-state index in [2.05, 4.69) is 26.7 Å². The summed E-state index contributed by atoms with van der Waals surface area (Å²) in [5.74, 6) is 0. The van der Waals surface area contributed by atoms with Crippen LogP contribution in [-0.4, -0.2) is 13.6 Å². The Morgan fingerprint density at radius 1 is 0.895 bits per heavy atom. The van der Waals surface area contributed by atoms with Gasteiger partial charge in [0.15, 0.2) is 0 Å². The van der Waals surface area contributed by atoms with E-state index in [-0.39, 0.29) is 16.8 Å². The summed E-state index contributed by atoms with van der Waals surface area (Å²) in [6.07, 6.45) is 9.73. The molecule has 1 aromatic rings. The van der Waals surface area contributed by atoms with E-state index in [9.17, 15) is 0 Å². The van der Waals surface area contributed by atoms with Gasteiger partial charge in [-0.05, 0) is 11.1 Å². The van der Waals surface area contributed by atoms with E-state index in [0.717, 1.165) is 5.57 Å². The van der Waals surface area contributed by atoms with Gasteiger partial charge in [-0.25, -0.2) is 0 Å². The molecular formula is C16H14CoO2. The Morgan fingerprint density at radius 2 is 1.32 bits per heavy atom. The Labute approximate surface area is 125 Å². The first-order valence-electron chi connectivity index (χ1n) is 4.95. The average molecular weight is 297 g/mol. The van der Waals surface area contributed by atoms with Crippen molar-refractivity contribution in [3.8, 4) is 0 Å². The number of hydrogen-bond acceptors (Lipinski definition) is 2. The van der Waals surface area contributed by atoms with Crippen molar-refractivity contribution in [2.75, 3.05) is 0 Å². The Balaban J connectivity index is -0.000000209. The molecule has 0 unspecified atom stereocenters. The molecule has 99 valence electrons. The molecule has 0 N–H and O–H groups in total. The van der Waals surface area contributed by atoms with Gasteiger partial charge in [0.05, 0.1) is 0 Å². The van der Waals surface area contributed by atoms with Gasteiger partial charge in [-0.1, -0.05) is 73.9 Å². The van der Waals surface area contributed by atoms with Crippen LogP contribution >= 0.6 is 0 Å². The molecule has 1 aromatic carbocycles. The van der Waals surface area contributed by atoms with Crippen LogP contribution < -0.4 is 0 Å². The van der Waals surface area contributed by atoms with E-state index in [1.54, 1.807) is 0 Å². The summed E-state index contributed by atoms with van der Waals surface area (Å²) in [7, 11) is 0. The van der Waals surface area contributed by atoms with E-state index in [0.29, 0.717) is 0 Å². The van der Waals surface area contributed by atoms with Crippen LogP contribution in [0.25, 0.3) is 6.08 Å². The van der Waals surface area contributed by atoms with E-state index in [1.165, 1.54) is 5.56 Å². The summed E-state index contributed by atoms with van der Waals surface area (Å²) in [5.41, 5.74) is 2.27. The molecule has 0 saturated carbocycles. The fourth-order valence-corrected chi connectivity index (χ4v) is 1.00. The smallest absolute Gasteiger partial charge is 0.281 e. The Hall–Kier alpha value is -1.97. The van der Waals surface area contributed by atoms with Gasteiger partial charge < -0.3 is 0 Å². The maximum absolute atomic E-state index is 7.50. The third kappa shape index (κ3) is 14.0. The number of carbonyl (C=O) groups excluding carboxylic acids is 2. The summed E-state index contributed by atoms with van der Waals surface area (Å²) in [4.78, 5) is 15.0. The van der Waals surface area contributed by atoms with Crippen molar-refractivity contribution in [1.82, 2.24) is 0 Å². The second-order valence-electron chi connectivity index (χ2n) is 2.91. The Morgan fingerprint density at radius 3 is 1.53 bits per heavy atom. The minimum absolute atomic E-state index is 0.